The molecule has 0 aliphatic carbocycles. The highest BCUT2D eigenvalue weighted by Gasteiger charge is 2.23. The molecule has 6 rings (SSSR count). The van der Waals surface area contributed by atoms with Crippen molar-refractivity contribution in [2.45, 2.75) is 0 Å². The molecule has 0 aliphatic rings. The molecule has 0 aliphatic heterocycles. The fraction of sp³-hybridized carbons (Fsp3) is 0. The number of anilines is 8. The molecule has 0 spiro atoms. The van der Waals surface area contributed by atoms with Crippen LogP contribution in [-0.2, 0) is 0 Å². The van der Waals surface area contributed by atoms with Gasteiger partial charge in [0.2, 0.25) is 0 Å². The zero-order valence-electron chi connectivity index (χ0n) is 23.0. The minimum Gasteiger partial charge on any atom is -0.399 e. The van der Waals surface area contributed by atoms with Gasteiger partial charge in [0.15, 0.2) is 0 Å². The Morgan fingerprint density at radius 2 is 0.643 bits per heavy atom. The normalized spacial score (nSPS) is 10.9. The Bertz CT molecular complexity index is 1780. The van der Waals surface area contributed by atoms with Crippen molar-refractivity contribution in [3.05, 3.63) is 133 Å². The summed E-state index contributed by atoms with van der Waals surface area (Å²) in [6.07, 6.45) is 0. The van der Waals surface area contributed by atoms with Crippen LogP contribution in [0.15, 0.2) is 133 Å². The molecule has 0 heterocycles. The Hall–Kier alpha value is -5.88. The predicted octanol–water partition coefficient (Wildman–Crippen LogP) is 8.07. The standard InChI is InChI=1S/C36H32N6/c37-26-7-1-23(2-8-26)33-21-22-34(42(31-17-13-29(40)14-18-31)32-19-15-30(41)16-20-32)36(25-5-11-28(39)12-6-25)35(33)24-3-9-27(38)10-4-24/h1-22H,37-41H2. The molecular formula is C36H32N6. The van der Waals surface area contributed by atoms with E-state index in [-0.39, 0.29) is 0 Å². The smallest absolute Gasteiger partial charge is 0.0546 e. The minimum absolute atomic E-state index is 0.691. The van der Waals surface area contributed by atoms with Crippen LogP contribution in [0.5, 0.6) is 0 Å². The second-order valence-electron chi connectivity index (χ2n) is 10.3. The fourth-order valence-corrected chi connectivity index (χ4v) is 5.25. The molecule has 10 N–H and O–H groups in total. The first-order valence-corrected chi connectivity index (χ1v) is 13.6. The molecule has 6 heteroatoms. The van der Waals surface area contributed by atoms with Gasteiger partial charge in [-0.3, -0.25) is 0 Å². The van der Waals surface area contributed by atoms with Crippen molar-refractivity contribution in [1.29, 1.82) is 0 Å². The van der Waals surface area contributed by atoms with E-state index in [1.165, 1.54) is 0 Å². The lowest BCUT2D eigenvalue weighted by Gasteiger charge is -2.30. The van der Waals surface area contributed by atoms with Crippen molar-refractivity contribution in [3.8, 4) is 33.4 Å². The van der Waals surface area contributed by atoms with Crippen LogP contribution in [0.4, 0.5) is 45.5 Å². The maximum absolute atomic E-state index is 6.15. The van der Waals surface area contributed by atoms with E-state index in [4.69, 9.17) is 28.7 Å². The van der Waals surface area contributed by atoms with E-state index < -0.39 is 0 Å². The third-order valence-corrected chi connectivity index (χ3v) is 7.35. The summed E-state index contributed by atoms with van der Waals surface area (Å²) in [6.45, 7) is 0. The predicted molar refractivity (Wildman–Crippen MR) is 179 cm³/mol. The van der Waals surface area contributed by atoms with Crippen LogP contribution < -0.4 is 33.6 Å². The van der Waals surface area contributed by atoms with Crippen molar-refractivity contribution < 1.29 is 0 Å². The zero-order valence-corrected chi connectivity index (χ0v) is 23.0. The van der Waals surface area contributed by atoms with Crippen molar-refractivity contribution in [2.75, 3.05) is 33.6 Å². The Kier molecular flexibility index (Phi) is 6.87. The SMILES string of the molecule is Nc1ccc(-c2ccc(N(c3ccc(N)cc3)c3ccc(N)cc3)c(-c3ccc(N)cc3)c2-c2ccc(N)cc2)cc1. The summed E-state index contributed by atoms with van der Waals surface area (Å²) in [5, 5.41) is 0. The van der Waals surface area contributed by atoms with Crippen LogP contribution in [0.1, 0.15) is 0 Å². The number of hydrogen-bond acceptors (Lipinski definition) is 6. The number of nitrogens with two attached hydrogens (primary N) is 5. The third kappa shape index (κ3) is 5.17. The van der Waals surface area contributed by atoms with Crippen LogP contribution in [0, 0.1) is 0 Å². The van der Waals surface area contributed by atoms with Crippen LogP contribution in [-0.4, -0.2) is 0 Å². The van der Waals surface area contributed by atoms with Crippen molar-refractivity contribution in [3.63, 3.8) is 0 Å². The molecule has 0 atom stereocenters. The molecule has 0 fully saturated rings. The molecule has 0 saturated heterocycles. The lowest BCUT2D eigenvalue weighted by Crippen LogP contribution is -2.12. The van der Waals surface area contributed by atoms with E-state index in [9.17, 15) is 0 Å². The fourth-order valence-electron chi connectivity index (χ4n) is 5.25. The van der Waals surface area contributed by atoms with Gasteiger partial charge in [0.25, 0.3) is 0 Å². The zero-order chi connectivity index (χ0) is 29.2. The minimum atomic E-state index is 0.691. The van der Waals surface area contributed by atoms with Crippen LogP contribution in [0.2, 0.25) is 0 Å². The Morgan fingerprint density at radius 1 is 0.310 bits per heavy atom. The maximum atomic E-state index is 6.15. The van der Waals surface area contributed by atoms with Gasteiger partial charge in [-0.1, -0.05) is 42.5 Å². The van der Waals surface area contributed by atoms with Crippen LogP contribution in [0.3, 0.4) is 0 Å². The van der Waals surface area contributed by atoms with E-state index in [1.807, 2.05) is 84.9 Å². The molecule has 0 bridgehead atoms. The molecule has 6 aromatic rings. The molecule has 0 unspecified atom stereocenters. The molecule has 206 valence electrons. The maximum Gasteiger partial charge on any atom is 0.0546 e. The van der Waals surface area contributed by atoms with Gasteiger partial charge in [0.05, 0.1) is 5.69 Å². The number of rotatable bonds is 6. The van der Waals surface area contributed by atoms with Crippen molar-refractivity contribution >= 4 is 45.5 Å². The van der Waals surface area contributed by atoms with E-state index in [0.29, 0.717) is 28.4 Å². The van der Waals surface area contributed by atoms with Gasteiger partial charge < -0.3 is 33.6 Å². The van der Waals surface area contributed by atoms with Gasteiger partial charge in [0, 0.05) is 45.4 Å². The van der Waals surface area contributed by atoms with E-state index in [0.717, 1.165) is 50.4 Å². The van der Waals surface area contributed by atoms with Gasteiger partial charge in [-0.05, 0) is 119 Å². The average molecular weight is 549 g/mol. The summed E-state index contributed by atoms with van der Waals surface area (Å²) in [5.41, 5.74) is 43.1. The van der Waals surface area contributed by atoms with E-state index >= 15 is 0 Å². The topological polar surface area (TPSA) is 133 Å². The summed E-state index contributed by atoms with van der Waals surface area (Å²) in [7, 11) is 0. The van der Waals surface area contributed by atoms with Crippen LogP contribution in [0.25, 0.3) is 33.4 Å². The summed E-state index contributed by atoms with van der Waals surface area (Å²) in [5.74, 6) is 0. The van der Waals surface area contributed by atoms with Gasteiger partial charge in [-0.2, -0.15) is 0 Å². The highest BCUT2D eigenvalue weighted by atomic mass is 15.1. The van der Waals surface area contributed by atoms with Gasteiger partial charge in [0.1, 0.15) is 0 Å². The Balaban J connectivity index is 1.73. The molecule has 6 nitrogen and oxygen atoms in total. The monoisotopic (exact) mass is 548 g/mol. The summed E-state index contributed by atoms with van der Waals surface area (Å²) in [4.78, 5) is 2.22. The van der Waals surface area contributed by atoms with Gasteiger partial charge >= 0.3 is 0 Å². The largest absolute Gasteiger partial charge is 0.399 e. The first-order valence-electron chi connectivity index (χ1n) is 13.6. The quantitative estimate of drug-likeness (QED) is 0.134. The molecule has 0 radical (unpaired) electrons. The van der Waals surface area contributed by atoms with E-state index in [1.54, 1.807) is 0 Å². The van der Waals surface area contributed by atoms with E-state index in [2.05, 4.69) is 53.4 Å². The van der Waals surface area contributed by atoms with Gasteiger partial charge in [-0.15, -0.1) is 0 Å². The molecule has 0 saturated carbocycles. The van der Waals surface area contributed by atoms with Crippen molar-refractivity contribution in [2.24, 2.45) is 0 Å². The first kappa shape index (κ1) is 26.3. The molecule has 0 aromatic heterocycles. The number of benzene rings is 6. The van der Waals surface area contributed by atoms with Crippen molar-refractivity contribution in [1.82, 2.24) is 0 Å². The second-order valence-corrected chi connectivity index (χ2v) is 10.3. The first-order chi connectivity index (χ1) is 20.4. The molecule has 0 amide bonds. The summed E-state index contributed by atoms with van der Waals surface area (Å²) in [6, 6.07) is 44.0. The number of hydrogen-bond donors (Lipinski definition) is 5. The number of nitrogens with zero attached hydrogens (tertiary/aromatic N) is 1. The second kappa shape index (κ2) is 10.9. The van der Waals surface area contributed by atoms with Crippen LogP contribution >= 0.6 is 0 Å². The molecular weight excluding hydrogens is 516 g/mol. The molecule has 42 heavy (non-hydrogen) atoms. The highest BCUT2D eigenvalue weighted by molar-refractivity contribution is 6.03. The summed E-state index contributed by atoms with van der Waals surface area (Å²) >= 11 is 0. The Labute approximate surface area is 245 Å². The highest BCUT2D eigenvalue weighted by Crippen LogP contribution is 2.49. The lowest BCUT2D eigenvalue weighted by molar-refractivity contribution is 1.28. The Morgan fingerprint density at radius 3 is 1.05 bits per heavy atom. The summed E-state index contributed by atoms with van der Waals surface area (Å²) < 4.78 is 0. The third-order valence-electron chi connectivity index (χ3n) is 7.35. The van der Waals surface area contributed by atoms with Gasteiger partial charge in [-0.25, -0.2) is 0 Å². The lowest BCUT2D eigenvalue weighted by atomic mass is 9.85. The molecule has 6 aromatic carbocycles. The average Bonchev–Trinajstić information content (AvgIpc) is 3.00. The number of nitrogen functional groups attached to an aromatic ring is 5.